The molecule has 1 saturated heterocycles. The van der Waals surface area contributed by atoms with E-state index in [4.69, 9.17) is 0 Å². The first-order valence-electron chi connectivity index (χ1n) is 9.65. The summed E-state index contributed by atoms with van der Waals surface area (Å²) in [5, 5.41) is 12.7. The molecule has 3 rings (SSSR count). The molecule has 2 aliphatic rings. The second-order valence-corrected chi connectivity index (χ2v) is 7.88. The van der Waals surface area contributed by atoms with Crippen LogP contribution in [0.25, 0.3) is 0 Å². The first-order chi connectivity index (χ1) is 12.0. The van der Waals surface area contributed by atoms with Gasteiger partial charge in [0.15, 0.2) is 0 Å². The first-order valence-corrected chi connectivity index (χ1v) is 9.65. The van der Waals surface area contributed by atoms with Gasteiger partial charge in [-0.1, -0.05) is 26.2 Å². The van der Waals surface area contributed by atoms with Gasteiger partial charge in [-0.05, 0) is 51.1 Å². The van der Waals surface area contributed by atoms with Gasteiger partial charge in [0, 0.05) is 18.3 Å². The van der Waals surface area contributed by atoms with Crippen LogP contribution >= 0.6 is 0 Å². The molecule has 1 aliphatic heterocycles. The average molecular weight is 342 g/mol. The Hall–Kier alpha value is -1.80. The highest BCUT2D eigenvalue weighted by Gasteiger charge is 2.27. The van der Waals surface area contributed by atoms with E-state index in [1.165, 1.54) is 19.3 Å². The predicted molar refractivity (Wildman–Crippen MR) is 99.6 cm³/mol. The molecule has 1 aromatic heterocycles. The van der Waals surface area contributed by atoms with Crippen molar-refractivity contribution >= 4 is 11.7 Å². The van der Waals surface area contributed by atoms with Crippen molar-refractivity contribution in [3.05, 3.63) is 16.8 Å². The zero-order valence-corrected chi connectivity index (χ0v) is 15.8. The smallest absolute Gasteiger partial charge is 0.239 e. The minimum absolute atomic E-state index is 0.000148. The monoisotopic (exact) mass is 342 g/mol. The van der Waals surface area contributed by atoms with Gasteiger partial charge in [0.05, 0.1) is 12.1 Å². The molecule has 136 valence electrons. The van der Waals surface area contributed by atoms with Crippen LogP contribution in [0.3, 0.4) is 0 Å². The Kier molecular flexibility index (Phi) is 5.48. The molecule has 1 atom stereocenters. The molecule has 1 amide bonds. The minimum Gasteiger partial charge on any atom is -0.327 e. The summed E-state index contributed by atoms with van der Waals surface area (Å²) in [6, 6.07) is 2.72. The summed E-state index contributed by atoms with van der Waals surface area (Å²) >= 11 is 0. The summed E-state index contributed by atoms with van der Waals surface area (Å²) < 4.78 is 2.23. The molecule has 1 saturated carbocycles. The molecular formula is C20H30N4O. The number of carbonyl (C=O) groups is 1. The van der Waals surface area contributed by atoms with Crippen LogP contribution < -0.4 is 5.32 Å². The van der Waals surface area contributed by atoms with E-state index in [9.17, 15) is 10.1 Å². The lowest BCUT2D eigenvalue weighted by atomic mass is 9.95. The topological polar surface area (TPSA) is 61.1 Å². The molecule has 1 unspecified atom stereocenters. The van der Waals surface area contributed by atoms with Crippen molar-refractivity contribution in [3.8, 4) is 6.07 Å². The summed E-state index contributed by atoms with van der Waals surface area (Å²) in [5.41, 5.74) is 2.75. The standard InChI is InChI=1S/C20H30N4O/c1-14-9-10-23(12-14)13-19(25)22-20-18(11-21)15(2)16(3)24(20)17-7-5-4-6-8-17/h14,17H,4-10,12-13H2,1-3H3,(H,22,25). The van der Waals surface area contributed by atoms with Gasteiger partial charge in [-0.15, -0.1) is 0 Å². The Morgan fingerprint density at radius 1 is 1.24 bits per heavy atom. The molecule has 5 nitrogen and oxygen atoms in total. The quantitative estimate of drug-likeness (QED) is 0.906. The molecular weight excluding hydrogens is 312 g/mol. The van der Waals surface area contributed by atoms with Crippen molar-refractivity contribution in [3.63, 3.8) is 0 Å². The number of carbonyl (C=O) groups excluding carboxylic acids is 1. The van der Waals surface area contributed by atoms with Crippen LogP contribution in [0, 0.1) is 31.1 Å². The van der Waals surface area contributed by atoms with Crippen molar-refractivity contribution in [1.82, 2.24) is 9.47 Å². The number of rotatable bonds is 4. The Morgan fingerprint density at radius 3 is 2.56 bits per heavy atom. The number of nitrogens with zero attached hydrogens (tertiary/aromatic N) is 3. The fraction of sp³-hybridized carbons (Fsp3) is 0.700. The van der Waals surface area contributed by atoms with Crippen molar-refractivity contribution in [2.45, 2.75) is 65.3 Å². The summed E-state index contributed by atoms with van der Waals surface area (Å²) in [6.45, 7) is 8.69. The lowest BCUT2D eigenvalue weighted by molar-refractivity contribution is -0.117. The number of anilines is 1. The number of hydrogen-bond donors (Lipinski definition) is 1. The summed E-state index contributed by atoms with van der Waals surface area (Å²) in [6.07, 6.45) is 7.16. The number of nitrogens with one attached hydrogen (secondary N) is 1. The largest absolute Gasteiger partial charge is 0.327 e. The highest BCUT2D eigenvalue weighted by atomic mass is 16.2. The number of likely N-dealkylation sites (tertiary alicyclic amines) is 1. The molecule has 2 fully saturated rings. The average Bonchev–Trinajstić information content (AvgIpc) is 3.10. The predicted octanol–water partition coefficient (Wildman–Crippen LogP) is 3.76. The van der Waals surface area contributed by atoms with Crippen LogP contribution in [-0.4, -0.2) is 35.0 Å². The van der Waals surface area contributed by atoms with Gasteiger partial charge in [-0.3, -0.25) is 9.69 Å². The van der Waals surface area contributed by atoms with Gasteiger partial charge in [0.2, 0.25) is 5.91 Å². The van der Waals surface area contributed by atoms with Gasteiger partial charge in [0.1, 0.15) is 11.9 Å². The van der Waals surface area contributed by atoms with Crippen LogP contribution in [0.4, 0.5) is 5.82 Å². The van der Waals surface area contributed by atoms with E-state index in [0.29, 0.717) is 24.1 Å². The van der Waals surface area contributed by atoms with E-state index < -0.39 is 0 Å². The Morgan fingerprint density at radius 2 is 1.96 bits per heavy atom. The third-order valence-corrected chi connectivity index (χ3v) is 5.94. The van der Waals surface area contributed by atoms with Crippen LogP contribution in [0.15, 0.2) is 0 Å². The molecule has 0 bridgehead atoms. The lowest BCUT2D eigenvalue weighted by Gasteiger charge is -2.27. The summed E-state index contributed by atoms with van der Waals surface area (Å²) in [4.78, 5) is 14.8. The van der Waals surface area contributed by atoms with Gasteiger partial charge in [-0.25, -0.2) is 0 Å². The molecule has 5 heteroatoms. The van der Waals surface area contributed by atoms with E-state index in [2.05, 4.69) is 34.7 Å². The van der Waals surface area contributed by atoms with Crippen molar-refractivity contribution in [1.29, 1.82) is 5.26 Å². The maximum atomic E-state index is 12.6. The molecule has 1 aliphatic carbocycles. The maximum absolute atomic E-state index is 12.6. The summed E-state index contributed by atoms with van der Waals surface area (Å²) in [7, 11) is 0. The fourth-order valence-corrected chi connectivity index (χ4v) is 4.43. The molecule has 0 radical (unpaired) electrons. The van der Waals surface area contributed by atoms with Crippen LogP contribution in [0.5, 0.6) is 0 Å². The second kappa shape index (κ2) is 7.61. The molecule has 0 aromatic carbocycles. The van der Waals surface area contributed by atoms with E-state index in [1.807, 2.05) is 6.92 Å². The minimum atomic E-state index is 0.000148. The van der Waals surface area contributed by atoms with E-state index >= 15 is 0 Å². The first kappa shape index (κ1) is 18.0. The second-order valence-electron chi connectivity index (χ2n) is 7.88. The van der Waals surface area contributed by atoms with Gasteiger partial charge < -0.3 is 9.88 Å². The van der Waals surface area contributed by atoms with Crippen molar-refractivity contribution < 1.29 is 4.79 Å². The normalized spacial score (nSPS) is 22.1. The van der Waals surface area contributed by atoms with Crippen molar-refractivity contribution in [2.24, 2.45) is 5.92 Å². The SMILES string of the molecule is Cc1c(C#N)c(NC(=O)CN2CCC(C)C2)n(C2CCCCC2)c1C. The van der Waals surface area contributed by atoms with Gasteiger partial charge in [0.25, 0.3) is 0 Å². The zero-order valence-electron chi connectivity index (χ0n) is 15.8. The highest BCUT2D eigenvalue weighted by molar-refractivity contribution is 5.93. The number of hydrogen-bond acceptors (Lipinski definition) is 3. The number of amides is 1. The molecule has 25 heavy (non-hydrogen) atoms. The van der Waals surface area contributed by atoms with Crippen LogP contribution in [0.2, 0.25) is 0 Å². The Labute approximate surface area is 151 Å². The highest BCUT2D eigenvalue weighted by Crippen LogP contribution is 2.36. The summed E-state index contributed by atoms with van der Waals surface area (Å²) in [5.74, 6) is 1.39. The third-order valence-electron chi connectivity index (χ3n) is 5.94. The van der Waals surface area contributed by atoms with Gasteiger partial charge >= 0.3 is 0 Å². The van der Waals surface area contributed by atoms with E-state index in [0.717, 1.165) is 49.4 Å². The third kappa shape index (κ3) is 3.74. The van der Waals surface area contributed by atoms with E-state index in [-0.39, 0.29) is 5.91 Å². The van der Waals surface area contributed by atoms with Gasteiger partial charge in [-0.2, -0.15) is 5.26 Å². The number of aromatic nitrogens is 1. The van der Waals surface area contributed by atoms with Crippen LogP contribution in [-0.2, 0) is 4.79 Å². The number of nitriles is 1. The zero-order chi connectivity index (χ0) is 18.0. The molecule has 1 N–H and O–H groups in total. The molecule has 1 aromatic rings. The maximum Gasteiger partial charge on any atom is 0.239 e. The van der Waals surface area contributed by atoms with E-state index in [1.54, 1.807) is 0 Å². The van der Waals surface area contributed by atoms with Crippen molar-refractivity contribution in [2.75, 3.05) is 25.0 Å². The Bertz CT molecular complexity index is 679. The lowest BCUT2D eigenvalue weighted by Crippen LogP contribution is -2.32. The molecule has 0 spiro atoms. The fourth-order valence-electron chi connectivity index (χ4n) is 4.43. The van der Waals surface area contributed by atoms with Crippen LogP contribution in [0.1, 0.15) is 68.3 Å². The molecule has 2 heterocycles. The Balaban J connectivity index is 1.82.